The van der Waals surface area contributed by atoms with E-state index in [0.717, 1.165) is 4.68 Å². The molecule has 6 rings (SSSR count). The molecule has 1 aliphatic rings. The van der Waals surface area contributed by atoms with Crippen LogP contribution in [0.15, 0.2) is 103 Å². The van der Waals surface area contributed by atoms with Crippen molar-refractivity contribution in [1.29, 1.82) is 0 Å². The quantitative estimate of drug-likeness (QED) is 0.0378. The van der Waals surface area contributed by atoms with Gasteiger partial charge in [0.25, 0.3) is 0 Å². The molecule has 2 heterocycles. The Morgan fingerprint density at radius 3 is 1.78 bits per heavy atom. The summed E-state index contributed by atoms with van der Waals surface area (Å²) >= 11 is 6.08. The van der Waals surface area contributed by atoms with E-state index in [2.05, 4.69) is 47.5 Å². The summed E-state index contributed by atoms with van der Waals surface area (Å²) in [4.78, 5) is 126. The van der Waals surface area contributed by atoms with Gasteiger partial charge < -0.3 is 75.5 Å². The average Bonchev–Trinajstić information content (AvgIpc) is 4.02. The van der Waals surface area contributed by atoms with Gasteiger partial charge >= 0.3 is 0 Å². The highest BCUT2D eigenvalue weighted by Crippen LogP contribution is 2.17. The first kappa shape index (κ1) is 63.2. The maximum atomic E-state index is 14.8. The van der Waals surface area contributed by atoms with Gasteiger partial charge in [0, 0.05) is 42.5 Å². The average molecular weight is 1170 g/mol. The number of halogens is 1. The fourth-order valence-corrected chi connectivity index (χ4v) is 9.06. The molecule has 0 spiro atoms. The Labute approximate surface area is 482 Å². The number of phenolic OH excluding ortho intramolecular Hbond substituents is 2. The number of benzene rings is 4. The van der Waals surface area contributed by atoms with E-state index < -0.39 is 121 Å². The smallest absolute Gasteiger partial charge is 0.248 e. The number of carbonyl (C=O) groups excluding carboxylic acids is 9. The molecule has 0 unspecified atom stereocenters. The molecular weight excluding hydrogens is 1100 g/mol. The maximum absolute atomic E-state index is 14.8. The highest BCUT2D eigenvalue weighted by Gasteiger charge is 2.37. The van der Waals surface area contributed by atoms with E-state index in [1.807, 2.05) is 0 Å². The van der Waals surface area contributed by atoms with Crippen molar-refractivity contribution in [3.63, 3.8) is 0 Å². The number of nitrogens with zero attached hydrogens (tertiary/aromatic N) is 3. The van der Waals surface area contributed by atoms with Gasteiger partial charge in [0.1, 0.15) is 53.8 Å². The lowest BCUT2D eigenvalue weighted by molar-refractivity contribution is -0.137. The molecule has 1 aliphatic heterocycles. The predicted molar refractivity (Wildman–Crippen MR) is 301 cm³/mol. The number of amides is 9. The highest BCUT2D eigenvalue weighted by molar-refractivity contribution is 6.30. The van der Waals surface area contributed by atoms with E-state index >= 15 is 0 Å². The number of aromatic hydroxyl groups is 2. The molecule has 26 nitrogen and oxygen atoms in total. The molecule has 0 radical (unpaired) electrons. The Hall–Kier alpha value is -8.98. The van der Waals surface area contributed by atoms with Crippen LogP contribution >= 0.6 is 11.6 Å². The maximum Gasteiger partial charge on any atom is 0.248 e. The number of fused-ring (bicyclic) bond motifs is 2. The molecule has 0 saturated carbocycles. The van der Waals surface area contributed by atoms with Gasteiger partial charge in [-0.3, -0.25) is 43.2 Å². The molecular formula is C56H69ClN14O12. The van der Waals surface area contributed by atoms with Crippen LogP contribution in [0.3, 0.4) is 0 Å². The van der Waals surface area contributed by atoms with Crippen molar-refractivity contribution in [3.05, 3.63) is 142 Å². The highest BCUT2D eigenvalue weighted by atomic mass is 35.5. The summed E-state index contributed by atoms with van der Waals surface area (Å²) in [6.45, 7) is 0.954. The molecule has 18 N–H and O–H groups in total. The molecule has 27 heteroatoms. The number of phenols is 2. The summed E-state index contributed by atoms with van der Waals surface area (Å²) in [7, 11) is 0. The summed E-state index contributed by atoms with van der Waals surface area (Å²) < 4.78 is 1.11. The van der Waals surface area contributed by atoms with Crippen LogP contribution in [0.4, 0.5) is 0 Å². The van der Waals surface area contributed by atoms with Crippen LogP contribution in [0.2, 0.25) is 5.02 Å². The number of aliphatic hydroxyl groups excluding tert-OH is 1. The zero-order valence-electron chi connectivity index (χ0n) is 45.3. The first-order chi connectivity index (χ1) is 39.5. The van der Waals surface area contributed by atoms with Gasteiger partial charge in [0.05, 0.1) is 24.4 Å². The van der Waals surface area contributed by atoms with Crippen LogP contribution in [0.25, 0.3) is 0 Å². The van der Waals surface area contributed by atoms with Gasteiger partial charge in [0.2, 0.25) is 53.2 Å². The Kier molecular flexibility index (Phi) is 23.0. The molecule has 4 aromatic carbocycles. The number of primary amides is 2. The van der Waals surface area contributed by atoms with Gasteiger partial charge in [-0.25, -0.2) is 4.68 Å². The van der Waals surface area contributed by atoms with Crippen LogP contribution in [-0.4, -0.2) is 144 Å². The molecule has 5 aromatic rings. The Bertz CT molecular complexity index is 3070. The Morgan fingerprint density at radius 2 is 1.22 bits per heavy atom. The lowest BCUT2D eigenvalue weighted by Gasteiger charge is -2.29. The number of hydrogen-bond donors (Lipinski definition) is 14. The van der Waals surface area contributed by atoms with Gasteiger partial charge in [-0.15, -0.1) is 5.10 Å². The molecule has 83 heavy (non-hydrogen) atoms. The van der Waals surface area contributed by atoms with Crippen LogP contribution in [0.1, 0.15) is 70.9 Å². The second kappa shape index (κ2) is 30.2. The minimum absolute atomic E-state index is 0.000426. The van der Waals surface area contributed by atoms with Gasteiger partial charge in [-0.1, -0.05) is 78.2 Å². The van der Waals surface area contributed by atoms with Crippen molar-refractivity contribution in [3.8, 4) is 11.5 Å². The molecule has 0 fully saturated rings. The summed E-state index contributed by atoms with van der Waals surface area (Å²) in [5.41, 5.74) is 25.5. The number of carbonyl (C=O) groups is 9. The topological polar surface area (TPSA) is 433 Å². The summed E-state index contributed by atoms with van der Waals surface area (Å²) in [5.74, 6) is -8.55. The number of aliphatic hydroxyl groups is 1. The van der Waals surface area contributed by atoms with Gasteiger partial charge in [-0.05, 0) is 104 Å². The van der Waals surface area contributed by atoms with Crippen molar-refractivity contribution in [1.82, 2.24) is 52.2 Å². The molecule has 2 bridgehead atoms. The summed E-state index contributed by atoms with van der Waals surface area (Å²) in [6.07, 6.45) is -0.183. The molecule has 0 aliphatic carbocycles. The monoisotopic (exact) mass is 1160 g/mol. The Balaban J connectivity index is 1.44. The van der Waals surface area contributed by atoms with E-state index in [1.54, 1.807) is 24.3 Å². The molecule has 9 amide bonds. The second-order valence-electron chi connectivity index (χ2n) is 20.2. The standard InChI is InChI=1S/C56H69ClN14O12/c1-30(72)47-56(83)67-46(55(82)63-42(49(61)76)24-33-10-18-38(73)19-11-33)29-71-28-37(69-70-71)27-45(64-50(77)40(59)23-31-8-16-36(57)17-9-31)54(81)66-44(26-34-12-20-39(74)21-13-34)53(80)65-43(25-32-6-14-35(15-7-32)48(60)75)52(79)62-41(51(78)68-47)5-3-2-4-22-58/h6-21,28,30,40-47,72-74H,2-5,22-27,29,58-59H2,1H3,(H2,60,75)(H2,61,76)(H,62,79)(H,63,82)(H,64,77)(H,65,80)(H,66,81)(H,67,83)(H,68,78)/t30-,40+,41+,42-,43-,44+,45-,46+,47+/m1/s1. The number of aromatic nitrogens is 3. The first-order valence-electron chi connectivity index (χ1n) is 26.7. The van der Waals surface area contributed by atoms with E-state index in [-0.39, 0.29) is 54.9 Å². The van der Waals surface area contributed by atoms with Crippen molar-refractivity contribution in [2.24, 2.45) is 22.9 Å². The fraction of sp³-hybridized carbons (Fsp3) is 0.375. The van der Waals surface area contributed by atoms with E-state index in [1.165, 1.54) is 85.9 Å². The molecule has 0 saturated heterocycles. The second-order valence-corrected chi connectivity index (χ2v) is 20.7. The van der Waals surface area contributed by atoms with Crippen molar-refractivity contribution in [2.75, 3.05) is 6.54 Å². The number of hydrogen-bond acceptors (Lipinski definition) is 16. The Morgan fingerprint density at radius 1 is 0.687 bits per heavy atom. The SMILES string of the molecule is C[C@@H](O)[C@@H]1NC(=O)[C@H](CCCCCN)NC(=O)[C@@H](Cc2ccc(C(N)=O)cc2)NC(=O)[C@H](Cc2ccc(O)cc2)NC(=O)[C@H](NC(=O)[C@@H](N)Cc2ccc(Cl)cc2)Cc2cn(nn2)C[C@@H](C(=O)N[C@H](Cc2ccc(O)cc2)C(N)=O)NC1=O. The third-order valence-corrected chi connectivity index (χ3v) is 13.8. The largest absolute Gasteiger partial charge is 0.508 e. The van der Waals surface area contributed by atoms with Crippen LogP contribution in [0.5, 0.6) is 11.5 Å². The van der Waals surface area contributed by atoms with E-state index in [0.29, 0.717) is 53.1 Å². The summed E-state index contributed by atoms with van der Waals surface area (Å²) in [6, 6.07) is 11.6. The number of rotatable bonds is 20. The summed E-state index contributed by atoms with van der Waals surface area (Å²) in [5, 5.41) is 58.1. The lowest BCUT2D eigenvalue weighted by atomic mass is 10.00. The number of unbranched alkanes of at least 4 members (excludes halogenated alkanes) is 2. The zero-order chi connectivity index (χ0) is 60.3. The van der Waals surface area contributed by atoms with Crippen LogP contribution < -0.4 is 60.2 Å². The number of nitrogens with one attached hydrogen (secondary N) is 7. The van der Waals surface area contributed by atoms with E-state index in [4.69, 9.17) is 34.5 Å². The van der Waals surface area contributed by atoms with Crippen LogP contribution in [-0.2, 0) is 77.0 Å². The minimum atomic E-state index is -1.81. The minimum Gasteiger partial charge on any atom is -0.508 e. The van der Waals surface area contributed by atoms with Crippen molar-refractivity contribution in [2.45, 2.75) is 126 Å². The third-order valence-electron chi connectivity index (χ3n) is 13.6. The molecule has 442 valence electrons. The van der Waals surface area contributed by atoms with Crippen molar-refractivity contribution < 1.29 is 58.5 Å². The fourth-order valence-electron chi connectivity index (χ4n) is 8.93. The molecule has 9 atom stereocenters. The van der Waals surface area contributed by atoms with Gasteiger partial charge in [0.15, 0.2) is 0 Å². The van der Waals surface area contributed by atoms with Crippen molar-refractivity contribution >= 4 is 64.8 Å². The van der Waals surface area contributed by atoms with Crippen LogP contribution in [0, 0.1) is 0 Å². The third kappa shape index (κ3) is 19.3. The lowest BCUT2D eigenvalue weighted by Crippen LogP contribution is -2.62. The zero-order valence-corrected chi connectivity index (χ0v) is 46.1. The van der Waals surface area contributed by atoms with E-state index in [9.17, 15) is 58.5 Å². The van der Waals surface area contributed by atoms with Gasteiger partial charge in [-0.2, -0.15) is 0 Å². The number of nitrogens with two attached hydrogens (primary N) is 4. The normalized spacial score (nSPS) is 20.3. The molecule has 1 aromatic heterocycles. The predicted octanol–water partition coefficient (Wildman–Crippen LogP) is -1.93. The first-order valence-corrected chi connectivity index (χ1v) is 27.1.